The minimum absolute atomic E-state index is 1.09. The second-order valence-corrected chi connectivity index (χ2v) is 3.99. The molecule has 0 aliphatic heterocycles. The van der Waals surface area contributed by atoms with Crippen molar-refractivity contribution in [3.05, 3.63) is 52.6 Å². The van der Waals surface area contributed by atoms with Crippen molar-refractivity contribution >= 4 is 6.08 Å². The van der Waals surface area contributed by atoms with Crippen LogP contribution in [0.2, 0.25) is 0 Å². The fraction of sp³-hybridized carbons (Fsp3) is 0.286. The highest BCUT2D eigenvalue weighted by molar-refractivity contribution is 5.60. The van der Waals surface area contributed by atoms with Crippen LogP contribution < -0.4 is 0 Å². The molecule has 0 heteroatoms. The molecule has 1 aromatic carbocycles. The lowest BCUT2D eigenvalue weighted by atomic mass is 9.99. The molecule has 0 saturated carbocycles. The maximum Gasteiger partial charge on any atom is -0.0198 e. The van der Waals surface area contributed by atoms with Crippen molar-refractivity contribution in [1.29, 1.82) is 0 Å². The summed E-state index contributed by atoms with van der Waals surface area (Å²) in [6.45, 7) is 12.3. The number of allylic oxidation sites excluding steroid dienone is 2. The highest BCUT2D eigenvalue weighted by Gasteiger charge is 1.99. The van der Waals surface area contributed by atoms with Crippen molar-refractivity contribution in [2.45, 2.75) is 27.7 Å². The zero-order valence-corrected chi connectivity index (χ0v) is 9.52. The van der Waals surface area contributed by atoms with E-state index in [1.165, 1.54) is 22.3 Å². The van der Waals surface area contributed by atoms with E-state index in [9.17, 15) is 0 Å². The Morgan fingerprint density at radius 1 is 1.14 bits per heavy atom. The van der Waals surface area contributed by atoms with E-state index in [-0.39, 0.29) is 0 Å². The highest BCUT2D eigenvalue weighted by atomic mass is 14.0. The molecule has 0 bridgehead atoms. The van der Waals surface area contributed by atoms with Crippen molar-refractivity contribution in [2.24, 2.45) is 0 Å². The predicted molar refractivity (Wildman–Crippen MR) is 64.5 cm³/mol. The molecule has 0 spiro atoms. The largest absolute Gasteiger partial charge is 0.0961 e. The molecule has 0 aliphatic carbocycles. The summed E-state index contributed by atoms with van der Waals surface area (Å²) in [5, 5.41) is 0. The molecule has 0 saturated heterocycles. The first kappa shape index (κ1) is 10.8. The Balaban J connectivity index is 3.15. The summed E-state index contributed by atoms with van der Waals surface area (Å²) in [6, 6.07) is 4.43. The molecule has 0 fully saturated rings. The SMILES string of the molecule is C=C(C)C=Cc1c(C)cc(C)cc1C. The quantitative estimate of drug-likeness (QED) is 0.607. The summed E-state index contributed by atoms with van der Waals surface area (Å²) in [5.74, 6) is 0. The average molecular weight is 186 g/mol. The van der Waals surface area contributed by atoms with Crippen LogP contribution in [0, 0.1) is 20.8 Å². The normalized spacial score (nSPS) is 10.9. The zero-order chi connectivity index (χ0) is 10.7. The lowest BCUT2D eigenvalue weighted by molar-refractivity contribution is 1.30. The number of hydrogen-bond donors (Lipinski definition) is 0. The summed E-state index contributed by atoms with van der Waals surface area (Å²) in [5.41, 5.74) is 6.40. The second-order valence-electron chi connectivity index (χ2n) is 3.99. The van der Waals surface area contributed by atoms with E-state index in [0.29, 0.717) is 0 Å². The Labute approximate surface area is 87.0 Å². The predicted octanol–water partition coefficient (Wildman–Crippen LogP) is 4.20. The molecule has 74 valence electrons. The molecule has 0 aliphatic rings. The first-order valence-corrected chi connectivity index (χ1v) is 4.92. The van der Waals surface area contributed by atoms with Gasteiger partial charge in [0.1, 0.15) is 0 Å². The summed E-state index contributed by atoms with van der Waals surface area (Å²) in [6.07, 6.45) is 4.21. The number of benzene rings is 1. The van der Waals surface area contributed by atoms with Gasteiger partial charge in [0.25, 0.3) is 0 Å². The van der Waals surface area contributed by atoms with E-state index >= 15 is 0 Å². The Morgan fingerprint density at radius 2 is 1.64 bits per heavy atom. The van der Waals surface area contributed by atoms with Gasteiger partial charge in [-0.3, -0.25) is 0 Å². The molecule has 1 rings (SSSR count). The van der Waals surface area contributed by atoms with Gasteiger partial charge in [-0.05, 0) is 44.4 Å². The summed E-state index contributed by atoms with van der Waals surface area (Å²) < 4.78 is 0. The molecular formula is C14H18. The summed E-state index contributed by atoms with van der Waals surface area (Å²) in [7, 11) is 0. The third-order valence-corrected chi connectivity index (χ3v) is 2.27. The smallest absolute Gasteiger partial charge is 0.0198 e. The molecule has 0 N–H and O–H groups in total. The summed E-state index contributed by atoms with van der Waals surface area (Å²) >= 11 is 0. The van der Waals surface area contributed by atoms with E-state index in [4.69, 9.17) is 0 Å². The third kappa shape index (κ3) is 2.59. The van der Waals surface area contributed by atoms with Crippen LogP contribution >= 0.6 is 0 Å². The molecule has 1 aromatic rings. The first-order valence-electron chi connectivity index (χ1n) is 4.92. The van der Waals surface area contributed by atoms with Gasteiger partial charge in [0.05, 0.1) is 0 Å². The van der Waals surface area contributed by atoms with Crippen LogP contribution in [-0.4, -0.2) is 0 Å². The van der Waals surface area contributed by atoms with E-state index < -0.39 is 0 Å². The molecule has 0 amide bonds. The minimum Gasteiger partial charge on any atom is -0.0961 e. The standard InChI is InChI=1S/C14H18/c1-10(2)6-7-14-12(4)8-11(3)9-13(14)5/h6-9H,1H2,2-5H3. The monoisotopic (exact) mass is 186 g/mol. The Hall–Kier alpha value is -1.30. The van der Waals surface area contributed by atoms with Crippen LogP contribution in [0.5, 0.6) is 0 Å². The summed E-state index contributed by atoms with van der Waals surface area (Å²) in [4.78, 5) is 0. The number of rotatable bonds is 2. The van der Waals surface area contributed by atoms with Gasteiger partial charge in [-0.2, -0.15) is 0 Å². The molecule has 14 heavy (non-hydrogen) atoms. The van der Waals surface area contributed by atoms with Crippen LogP contribution in [-0.2, 0) is 0 Å². The minimum atomic E-state index is 1.09. The molecule has 0 atom stereocenters. The molecule has 0 unspecified atom stereocenters. The number of aryl methyl sites for hydroxylation is 3. The fourth-order valence-corrected chi connectivity index (χ4v) is 1.68. The van der Waals surface area contributed by atoms with Gasteiger partial charge in [-0.1, -0.05) is 42.0 Å². The third-order valence-electron chi connectivity index (χ3n) is 2.27. The van der Waals surface area contributed by atoms with Crippen molar-refractivity contribution < 1.29 is 0 Å². The van der Waals surface area contributed by atoms with Crippen molar-refractivity contribution in [2.75, 3.05) is 0 Å². The Morgan fingerprint density at radius 3 is 2.07 bits per heavy atom. The lowest BCUT2D eigenvalue weighted by Gasteiger charge is -2.06. The van der Waals surface area contributed by atoms with Gasteiger partial charge in [-0.15, -0.1) is 0 Å². The number of hydrogen-bond acceptors (Lipinski definition) is 0. The van der Waals surface area contributed by atoms with Gasteiger partial charge in [0.15, 0.2) is 0 Å². The van der Waals surface area contributed by atoms with E-state index in [1.54, 1.807) is 0 Å². The molecular weight excluding hydrogens is 168 g/mol. The van der Waals surface area contributed by atoms with Gasteiger partial charge in [0, 0.05) is 0 Å². The molecule has 0 nitrogen and oxygen atoms in total. The first-order chi connectivity index (χ1) is 6.50. The van der Waals surface area contributed by atoms with Crippen LogP contribution in [0.15, 0.2) is 30.4 Å². The van der Waals surface area contributed by atoms with E-state index in [0.717, 1.165) is 5.57 Å². The van der Waals surface area contributed by atoms with Gasteiger partial charge < -0.3 is 0 Å². The average Bonchev–Trinajstić information content (AvgIpc) is 2.01. The van der Waals surface area contributed by atoms with Crippen LogP contribution in [0.3, 0.4) is 0 Å². The molecule has 0 heterocycles. The maximum absolute atomic E-state index is 3.86. The van der Waals surface area contributed by atoms with Gasteiger partial charge in [-0.25, -0.2) is 0 Å². The topological polar surface area (TPSA) is 0 Å². The van der Waals surface area contributed by atoms with Crippen molar-refractivity contribution in [1.82, 2.24) is 0 Å². The highest BCUT2D eigenvalue weighted by Crippen LogP contribution is 2.18. The Bertz CT molecular complexity index is 358. The lowest BCUT2D eigenvalue weighted by Crippen LogP contribution is -1.88. The van der Waals surface area contributed by atoms with E-state index in [2.05, 4.69) is 51.6 Å². The van der Waals surface area contributed by atoms with Crippen LogP contribution in [0.4, 0.5) is 0 Å². The second kappa shape index (κ2) is 4.28. The van der Waals surface area contributed by atoms with Crippen molar-refractivity contribution in [3.8, 4) is 0 Å². The van der Waals surface area contributed by atoms with Crippen LogP contribution in [0.1, 0.15) is 29.2 Å². The fourth-order valence-electron chi connectivity index (χ4n) is 1.68. The molecule has 0 aromatic heterocycles. The van der Waals surface area contributed by atoms with Gasteiger partial charge >= 0.3 is 0 Å². The Kier molecular flexibility index (Phi) is 3.29. The van der Waals surface area contributed by atoms with Gasteiger partial charge in [0.2, 0.25) is 0 Å². The zero-order valence-electron chi connectivity index (χ0n) is 9.52. The van der Waals surface area contributed by atoms with Crippen molar-refractivity contribution in [3.63, 3.8) is 0 Å². The van der Waals surface area contributed by atoms with Crippen LogP contribution in [0.25, 0.3) is 6.08 Å². The molecule has 0 radical (unpaired) electrons. The van der Waals surface area contributed by atoms with E-state index in [1.807, 2.05) is 6.92 Å². The maximum atomic E-state index is 3.86.